The van der Waals surface area contributed by atoms with Crippen molar-refractivity contribution in [3.63, 3.8) is 0 Å². The first kappa shape index (κ1) is 13.3. The molecule has 2 heterocycles. The third-order valence-electron chi connectivity index (χ3n) is 3.10. The molecule has 0 fully saturated rings. The van der Waals surface area contributed by atoms with E-state index in [2.05, 4.69) is 39.1 Å². The standard InChI is InChI=1S/C16H17N5/c1-11(2)15-18-10-14(20-15)13-8-9-17-16(21-13)19-12-6-4-3-5-7-12/h3-11H,1-2H3,(H,18,20)(H,17,19,21). The molecule has 0 aliphatic rings. The smallest absolute Gasteiger partial charge is 0.227 e. The minimum atomic E-state index is 0.363. The summed E-state index contributed by atoms with van der Waals surface area (Å²) in [6, 6.07) is 11.7. The van der Waals surface area contributed by atoms with Crippen molar-refractivity contribution < 1.29 is 0 Å². The van der Waals surface area contributed by atoms with Gasteiger partial charge in [-0.25, -0.2) is 15.0 Å². The van der Waals surface area contributed by atoms with E-state index in [1.54, 1.807) is 6.20 Å². The number of benzene rings is 1. The Kier molecular flexibility index (Phi) is 3.64. The molecule has 1 aromatic carbocycles. The Labute approximate surface area is 123 Å². The molecule has 2 aromatic heterocycles. The molecule has 0 radical (unpaired) electrons. The molecule has 0 aliphatic carbocycles. The Hall–Kier alpha value is -2.69. The van der Waals surface area contributed by atoms with Crippen molar-refractivity contribution in [3.05, 3.63) is 54.6 Å². The minimum absolute atomic E-state index is 0.363. The zero-order chi connectivity index (χ0) is 14.7. The second kappa shape index (κ2) is 5.75. The highest BCUT2D eigenvalue weighted by Crippen LogP contribution is 2.19. The predicted octanol–water partition coefficient (Wildman–Crippen LogP) is 3.73. The van der Waals surface area contributed by atoms with Crippen molar-refractivity contribution in [2.24, 2.45) is 0 Å². The minimum Gasteiger partial charge on any atom is -0.341 e. The van der Waals surface area contributed by atoms with Crippen LogP contribution in [0.25, 0.3) is 11.4 Å². The lowest BCUT2D eigenvalue weighted by Crippen LogP contribution is -1.97. The van der Waals surface area contributed by atoms with Crippen LogP contribution in [0.3, 0.4) is 0 Å². The molecular formula is C16H17N5. The van der Waals surface area contributed by atoms with Gasteiger partial charge in [0, 0.05) is 17.8 Å². The molecule has 5 nitrogen and oxygen atoms in total. The normalized spacial score (nSPS) is 10.8. The highest BCUT2D eigenvalue weighted by Gasteiger charge is 2.08. The quantitative estimate of drug-likeness (QED) is 0.763. The average Bonchev–Trinajstić information content (AvgIpc) is 2.99. The number of H-pyrrole nitrogens is 1. The maximum atomic E-state index is 4.52. The van der Waals surface area contributed by atoms with Gasteiger partial charge in [0.05, 0.1) is 17.6 Å². The molecule has 0 bridgehead atoms. The van der Waals surface area contributed by atoms with E-state index >= 15 is 0 Å². The van der Waals surface area contributed by atoms with Crippen LogP contribution in [0.1, 0.15) is 25.6 Å². The van der Waals surface area contributed by atoms with E-state index in [1.165, 1.54) is 0 Å². The highest BCUT2D eigenvalue weighted by atomic mass is 15.1. The van der Waals surface area contributed by atoms with E-state index in [9.17, 15) is 0 Å². The van der Waals surface area contributed by atoms with E-state index < -0.39 is 0 Å². The van der Waals surface area contributed by atoms with E-state index in [0.717, 1.165) is 22.9 Å². The first-order valence-electron chi connectivity index (χ1n) is 6.93. The SMILES string of the molecule is CC(C)c1ncc(-c2ccnc(Nc3ccccc3)n2)[nH]1. The van der Waals surface area contributed by atoms with Gasteiger partial charge >= 0.3 is 0 Å². The van der Waals surface area contributed by atoms with E-state index in [1.807, 2.05) is 42.6 Å². The third-order valence-corrected chi connectivity index (χ3v) is 3.10. The first-order chi connectivity index (χ1) is 10.2. The molecule has 21 heavy (non-hydrogen) atoms. The second-order valence-corrected chi connectivity index (χ2v) is 5.09. The second-order valence-electron chi connectivity index (χ2n) is 5.09. The molecule has 0 spiro atoms. The Balaban J connectivity index is 1.85. The van der Waals surface area contributed by atoms with E-state index in [0.29, 0.717) is 11.9 Å². The van der Waals surface area contributed by atoms with Gasteiger partial charge in [0.25, 0.3) is 0 Å². The van der Waals surface area contributed by atoms with Crippen molar-refractivity contribution in [1.29, 1.82) is 0 Å². The largest absolute Gasteiger partial charge is 0.341 e. The van der Waals surface area contributed by atoms with E-state index in [4.69, 9.17) is 0 Å². The molecule has 0 aliphatic heterocycles. The summed E-state index contributed by atoms with van der Waals surface area (Å²) >= 11 is 0. The lowest BCUT2D eigenvalue weighted by atomic mass is 10.2. The Morgan fingerprint density at radius 3 is 2.57 bits per heavy atom. The number of nitrogens with zero attached hydrogens (tertiary/aromatic N) is 3. The lowest BCUT2D eigenvalue weighted by Gasteiger charge is -2.05. The summed E-state index contributed by atoms with van der Waals surface area (Å²) in [5.74, 6) is 1.89. The maximum Gasteiger partial charge on any atom is 0.227 e. The number of rotatable bonds is 4. The number of imidazole rings is 1. The monoisotopic (exact) mass is 279 g/mol. The van der Waals surface area contributed by atoms with Crippen LogP contribution in [0.5, 0.6) is 0 Å². The lowest BCUT2D eigenvalue weighted by molar-refractivity contribution is 0.794. The number of hydrogen-bond acceptors (Lipinski definition) is 4. The zero-order valence-electron chi connectivity index (χ0n) is 12.0. The van der Waals surface area contributed by atoms with Gasteiger partial charge in [-0.15, -0.1) is 0 Å². The van der Waals surface area contributed by atoms with Crippen molar-refractivity contribution in [2.45, 2.75) is 19.8 Å². The fourth-order valence-corrected chi connectivity index (χ4v) is 1.98. The molecule has 0 atom stereocenters. The van der Waals surface area contributed by atoms with Crippen molar-refractivity contribution in [1.82, 2.24) is 19.9 Å². The van der Waals surface area contributed by atoms with Gasteiger partial charge in [0.2, 0.25) is 5.95 Å². The molecular weight excluding hydrogens is 262 g/mol. The van der Waals surface area contributed by atoms with Crippen LogP contribution in [-0.4, -0.2) is 19.9 Å². The first-order valence-corrected chi connectivity index (χ1v) is 6.93. The summed E-state index contributed by atoms with van der Waals surface area (Å²) in [5, 5.41) is 3.19. The van der Waals surface area contributed by atoms with Crippen LogP contribution >= 0.6 is 0 Å². The van der Waals surface area contributed by atoms with Crippen LogP contribution < -0.4 is 5.32 Å². The maximum absolute atomic E-state index is 4.52. The number of para-hydroxylation sites is 1. The van der Waals surface area contributed by atoms with Gasteiger partial charge in [-0.05, 0) is 18.2 Å². The summed E-state index contributed by atoms with van der Waals surface area (Å²) in [6.07, 6.45) is 3.55. The summed E-state index contributed by atoms with van der Waals surface area (Å²) < 4.78 is 0. The number of aromatic amines is 1. The highest BCUT2D eigenvalue weighted by molar-refractivity contribution is 5.58. The van der Waals surface area contributed by atoms with Gasteiger partial charge < -0.3 is 10.3 Å². The van der Waals surface area contributed by atoms with Crippen LogP contribution in [-0.2, 0) is 0 Å². The zero-order valence-corrected chi connectivity index (χ0v) is 12.0. The fraction of sp³-hybridized carbons (Fsp3) is 0.188. The van der Waals surface area contributed by atoms with Gasteiger partial charge in [0.15, 0.2) is 0 Å². The molecule has 3 rings (SSSR count). The van der Waals surface area contributed by atoms with Gasteiger partial charge in [-0.3, -0.25) is 0 Å². The fourth-order valence-electron chi connectivity index (χ4n) is 1.98. The summed E-state index contributed by atoms with van der Waals surface area (Å²) in [5.41, 5.74) is 2.68. The van der Waals surface area contributed by atoms with Gasteiger partial charge in [-0.2, -0.15) is 0 Å². The van der Waals surface area contributed by atoms with Gasteiger partial charge in [-0.1, -0.05) is 32.0 Å². The molecule has 2 N–H and O–H groups in total. The number of hydrogen-bond donors (Lipinski definition) is 2. The molecule has 106 valence electrons. The van der Waals surface area contributed by atoms with Crippen LogP contribution in [0, 0.1) is 0 Å². The Bertz CT molecular complexity index is 718. The number of aromatic nitrogens is 4. The van der Waals surface area contributed by atoms with Crippen LogP contribution in [0.4, 0.5) is 11.6 Å². The topological polar surface area (TPSA) is 66.5 Å². The Morgan fingerprint density at radius 2 is 1.86 bits per heavy atom. The van der Waals surface area contributed by atoms with Crippen molar-refractivity contribution >= 4 is 11.6 Å². The summed E-state index contributed by atoms with van der Waals surface area (Å²) in [4.78, 5) is 16.4. The van der Waals surface area contributed by atoms with Crippen LogP contribution in [0.15, 0.2) is 48.8 Å². The molecule has 0 saturated carbocycles. The van der Waals surface area contributed by atoms with Crippen molar-refractivity contribution in [2.75, 3.05) is 5.32 Å². The van der Waals surface area contributed by atoms with Crippen molar-refractivity contribution in [3.8, 4) is 11.4 Å². The summed E-state index contributed by atoms with van der Waals surface area (Å²) in [7, 11) is 0. The number of nitrogens with one attached hydrogen (secondary N) is 2. The summed E-state index contributed by atoms with van der Waals surface area (Å²) in [6.45, 7) is 4.20. The predicted molar refractivity (Wildman–Crippen MR) is 83.4 cm³/mol. The van der Waals surface area contributed by atoms with Gasteiger partial charge in [0.1, 0.15) is 5.82 Å². The third kappa shape index (κ3) is 3.08. The molecule has 0 amide bonds. The number of anilines is 2. The van der Waals surface area contributed by atoms with E-state index in [-0.39, 0.29) is 0 Å². The Morgan fingerprint density at radius 1 is 1.05 bits per heavy atom. The molecule has 0 unspecified atom stereocenters. The average molecular weight is 279 g/mol. The molecule has 0 saturated heterocycles. The van der Waals surface area contributed by atoms with Crippen LogP contribution in [0.2, 0.25) is 0 Å². The molecule has 5 heteroatoms. The molecule has 3 aromatic rings.